The molecule has 0 bridgehead atoms. The van der Waals surface area contributed by atoms with Gasteiger partial charge in [-0.2, -0.15) is 14.9 Å². The van der Waals surface area contributed by atoms with Gasteiger partial charge in [0.25, 0.3) is 0 Å². The van der Waals surface area contributed by atoms with Gasteiger partial charge in [0, 0.05) is 18.0 Å². The van der Waals surface area contributed by atoms with Crippen molar-refractivity contribution < 1.29 is 0 Å². The number of H-pyrrole nitrogens is 1. The molecule has 3 aromatic heterocycles. The first-order chi connectivity index (χ1) is 9.20. The number of halogens is 1. The highest BCUT2D eigenvalue weighted by Gasteiger charge is 2.09. The van der Waals surface area contributed by atoms with Gasteiger partial charge in [-0.05, 0) is 12.2 Å². The first-order valence-electron chi connectivity index (χ1n) is 5.52. The lowest BCUT2D eigenvalue weighted by Gasteiger charge is -1.96. The van der Waals surface area contributed by atoms with Gasteiger partial charge < -0.3 is 0 Å². The standard InChI is InChI=1S/C10H9ClN6S2/c1-2-7-14-15-9(18)17(7)12-5-6-8(11)13-10-16(6)3-4-19-10/h3-5H,2H2,1H3,(H,15,18)/b12-5-. The number of thiazole rings is 1. The Bertz CT molecular complexity index is 808. The Hall–Kier alpha value is -1.51. The summed E-state index contributed by atoms with van der Waals surface area (Å²) in [5.74, 6) is 0.767. The average Bonchev–Trinajstić information content (AvgIpc) is 3.03. The van der Waals surface area contributed by atoms with E-state index in [-0.39, 0.29) is 0 Å². The number of hydrogen-bond donors (Lipinski definition) is 1. The molecule has 0 saturated carbocycles. The van der Waals surface area contributed by atoms with Gasteiger partial charge >= 0.3 is 0 Å². The molecule has 1 N–H and O–H groups in total. The van der Waals surface area contributed by atoms with Gasteiger partial charge in [-0.25, -0.2) is 4.98 Å². The molecule has 0 saturated heterocycles. The van der Waals surface area contributed by atoms with E-state index in [9.17, 15) is 0 Å². The van der Waals surface area contributed by atoms with Gasteiger partial charge in [0.05, 0.1) is 6.21 Å². The Balaban J connectivity index is 2.07. The highest BCUT2D eigenvalue weighted by atomic mass is 35.5. The first-order valence-corrected chi connectivity index (χ1v) is 7.19. The van der Waals surface area contributed by atoms with Crippen molar-refractivity contribution in [2.45, 2.75) is 13.3 Å². The van der Waals surface area contributed by atoms with E-state index in [1.807, 2.05) is 22.9 Å². The fraction of sp³-hybridized carbons (Fsp3) is 0.200. The summed E-state index contributed by atoms with van der Waals surface area (Å²) in [5.41, 5.74) is 0.725. The Morgan fingerprint density at radius 2 is 2.47 bits per heavy atom. The van der Waals surface area contributed by atoms with Gasteiger partial charge in [0.15, 0.2) is 15.9 Å². The molecule has 19 heavy (non-hydrogen) atoms. The van der Waals surface area contributed by atoms with Crippen LogP contribution in [0, 0.1) is 4.77 Å². The third kappa shape index (κ3) is 2.11. The molecule has 0 aromatic carbocycles. The molecule has 0 fully saturated rings. The molecule has 98 valence electrons. The lowest BCUT2D eigenvalue weighted by atomic mass is 10.5. The predicted octanol–water partition coefficient (Wildman–Crippen LogP) is 2.75. The van der Waals surface area contributed by atoms with Crippen molar-refractivity contribution in [3.63, 3.8) is 0 Å². The summed E-state index contributed by atoms with van der Waals surface area (Å²) in [6, 6.07) is 0. The molecule has 6 nitrogen and oxygen atoms in total. The van der Waals surface area contributed by atoms with Gasteiger partial charge in [-0.1, -0.05) is 18.5 Å². The van der Waals surface area contributed by atoms with Crippen LogP contribution in [0.15, 0.2) is 16.7 Å². The third-order valence-electron chi connectivity index (χ3n) is 2.58. The van der Waals surface area contributed by atoms with Crippen molar-refractivity contribution in [2.24, 2.45) is 5.10 Å². The first kappa shape index (κ1) is 12.5. The number of aromatic nitrogens is 5. The summed E-state index contributed by atoms with van der Waals surface area (Å²) < 4.78 is 3.92. The molecule has 3 rings (SSSR count). The molecule has 0 aliphatic rings. The second kappa shape index (κ2) is 4.87. The smallest absolute Gasteiger partial charge is 0.216 e. The van der Waals surface area contributed by atoms with Crippen LogP contribution in [0.2, 0.25) is 5.15 Å². The second-order valence-corrected chi connectivity index (χ2v) is 5.32. The quantitative estimate of drug-likeness (QED) is 0.597. The zero-order valence-electron chi connectivity index (χ0n) is 9.87. The van der Waals surface area contributed by atoms with E-state index >= 15 is 0 Å². The number of nitrogens with one attached hydrogen (secondary N) is 1. The normalized spacial score (nSPS) is 11.9. The number of aryl methyl sites for hydroxylation is 1. The Kier molecular flexibility index (Phi) is 3.21. The maximum Gasteiger partial charge on any atom is 0.216 e. The average molecular weight is 313 g/mol. The summed E-state index contributed by atoms with van der Waals surface area (Å²) in [4.78, 5) is 5.07. The van der Waals surface area contributed by atoms with Crippen LogP contribution in [0.4, 0.5) is 0 Å². The van der Waals surface area contributed by atoms with Gasteiger partial charge in [0.1, 0.15) is 5.69 Å². The number of hydrogen-bond acceptors (Lipinski definition) is 5. The third-order valence-corrected chi connectivity index (χ3v) is 3.88. The molecule has 9 heteroatoms. The summed E-state index contributed by atoms with van der Waals surface area (Å²) in [7, 11) is 0. The Morgan fingerprint density at radius 1 is 1.63 bits per heavy atom. The van der Waals surface area contributed by atoms with E-state index < -0.39 is 0 Å². The van der Waals surface area contributed by atoms with Crippen molar-refractivity contribution in [1.29, 1.82) is 0 Å². The predicted molar refractivity (Wildman–Crippen MR) is 77.9 cm³/mol. The minimum absolute atomic E-state index is 0.420. The number of rotatable bonds is 3. The Morgan fingerprint density at radius 3 is 3.26 bits per heavy atom. The molecule has 0 aliphatic carbocycles. The van der Waals surface area contributed by atoms with Crippen LogP contribution in [0.5, 0.6) is 0 Å². The molecular formula is C10H9ClN6S2. The topological polar surface area (TPSA) is 63.3 Å². The number of fused-ring (bicyclic) bond motifs is 1. The van der Waals surface area contributed by atoms with E-state index in [0.29, 0.717) is 9.92 Å². The molecule has 0 unspecified atom stereocenters. The van der Waals surface area contributed by atoms with E-state index in [1.165, 1.54) is 11.3 Å². The van der Waals surface area contributed by atoms with E-state index in [1.54, 1.807) is 10.9 Å². The highest BCUT2D eigenvalue weighted by Crippen LogP contribution is 2.19. The lowest BCUT2D eigenvalue weighted by Crippen LogP contribution is -1.98. The maximum atomic E-state index is 6.09. The molecule has 0 radical (unpaired) electrons. The van der Waals surface area contributed by atoms with Crippen molar-refractivity contribution in [3.05, 3.63) is 33.0 Å². The van der Waals surface area contributed by atoms with E-state index in [2.05, 4.69) is 20.3 Å². The molecule has 3 heterocycles. The minimum Gasteiger partial charge on any atom is -0.288 e. The summed E-state index contributed by atoms with van der Waals surface area (Å²) in [6.45, 7) is 1.99. The molecular weight excluding hydrogens is 304 g/mol. The van der Waals surface area contributed by atoms with Crippen LogP contribution in [0.25, 0.3) is 4.96 Å². The van der Waals surface area contributed by atoms with Crippen LogP contribution in [0.1, 0.15) is 18.4 Å². The summed E-state index contributed by atoms with van der Waals surface area (Å²) in [6.07, 6.45) is 4.27. The molecule has 3 aromatic rings. The van der Waals surface area contributed by atoms with Crippen molar-refractivity contribution in [3.8, 4) is 0 Å². The van der Waals surface area contributed by atoms with Crippen molar-refractivity contribution >= 4 is 46.3 Å². The molecule has 0 atom stereocenters. The minimum atomic E-state index is 0.420. The fourth-order valence-electron chi connectivity index (χ4n) is 1.68. The van der Waals surface area contributed by atoms with Crippen molar-refractivity contribution in [2.75, 3.05) is 0 Å². The number of nitrogens with zero attached hydrogens (tertiary/aromatic N) is 5. The van der Waals surface area contributed by atoms with Gasteiger partial charge in [-0.15, -0.1) is 11.3 Å². The largest absolute Gasteiger partial charge is 0.288 e. The summed E-state index contributed by atoms with van der Waals surface area (Å²) in [5, 5.41) is 13.5. The van der Waals surface area contributed by atoms with E-state index in [0.717, 1.165) is 22.9 Å². The highest BCUT2D eigenvalue weighted by molar-refractivity contribution is 7.71. The molecule has 0 aliphatic heterocycles. The maximum absolute atomic E-state index is 6.09. The SMILES string of the molecule is CCc1n[nH]c(=S)n1/N=C\c1c(Cl)nc2sccn12. The molecule has 0 spiro atoms. The fourth-order valence-corrected chi connectivity index (χ4v) is 2.87. The zero-order chi connectivity index (χ0) is 13.4. The van der Waals surface area contributed by atoms with Gasteiger partial charge in [-0.3, -0.25) is 9.50 Å². The van der Waals surface area contributed by atoms with Crippen LogP contribution in [-0.2, 0) is 6.42 Å². The molecule has 0 amide bonds. The van der Waals surface area contributed by atoms with Crippen LogP contribution in [-0.4, -0.2) is 30.5 Å². The Labute approximate surface area is 122 Å². The van der Waals surface area contributed by atoms with Crippen molar-refractivity contribution in [1.82, 2.24) is 24.3 Å². The summed E-state index contributed by atoms with van der Waals surface area (Å²) >= 11 is 12.7. The monoisotopic (exact) mass is 312 g/mol. The van der Waals surface area contributed by atoms with E-state index in [4.69, 9.17) is 23.8 Å². The number of imidazole rings is 1. The van der Waals surface area contributed by atoms with Crippen LogP contribution < -0.4 is 0 Å². The zero-order valence-corrected chi connectivity index (χ0v) is 12.3. The lowest BCUT2D eigenvalue weighted by molar-refractivity contribution is 0.779. The second-order valence-electron chi connectivity index (χ2n) is 3.70. The number of aromatic amines is 1. The van der Waals surface area contributed by atoms with Crippen LogP contribution >= 0.6 is 35.2 Å². The van der Waals surface area contributed by atoms with Gasteiger partial charge in [0.2, 0.25) is 4.77 Å². The van der Waals surface area contributed by atoms with Crippen LogP contribution in [0.3, 0.4) is 0 Å².